The van der Waals surface area contributed by atoms with Crippen molar-refractivity contribution >= 4 is 52.8 Å². The maximum atomic E-state index is 11.6. The zero-order valence-corrected chi connectivity index (χ0v) is 14.7. The molecular formula is C14H9NaO7S. The van der Waals surface area contributed by atoms with Gasteiger partial charge in [0.25, 0.3) is 0 Å². The van der Waals surface area contributed by atoms with Crippen LogP contribution in [0.15, 0.2) is 41.3 Å². The molecule has 0 amide bonds. The third-order valence-electron chi connectivity index (χ3n) is 3.21. The summed E-state index contributed by atoms with van der Waals surface area (Å²) in [6.07, 6.45) is 0. The molecular weight excluding hydrogens is 335 g/mol. The van der Waals surface area contributed by atoms with Crippen LogP contribution in [0.4, 0.5) is 0 Å². The predicted molar refractivity (Wildman–Crippen MR) is 81.0 cm³/mol. The van der Waals surface area contributed by atoms with Gasteiger partial charge in [-0.05, 0) is 0 Å². The first-order valence-corrected chi connectivity index (χ1v) is 8.75. The number of carboxylic acids is 2. The van der Waals surface area contributed by atoms with Gasteiger partial charge in [-0.2, -0.15) is 0 Å². The molecule has 3 N–H and O–H groups in total. The number of carboxylic acid groups (broad SMARTS) is 2. The molecule has 0 saturated carbocycles. The van der Waals surface area contributed by atoms with Gasteiger partial charge < -0.3 is 0 Å². The van der Waals surface area contributed by atoms with Crippen molar-refractivity contribution in [2.24, 2.45) is 0 Å². The summed E-state index contributed by atoms with van der Waals surface area (Å²) >= 11 is 0.498. The minimum absolute atomic E-state index is 0.164. The molecule has 2 aromatic carbocycles. The molecule has 2 aromatic rings. The molecule has 2 rings (SSSR count). The second kappa shape index (κ2) is 6.42. The molecule has 114 valence electrons. The van der Waals surface area contributed by atoms with Crippen LogP contribution in [0, 0.1) is 0 Å². The minimum atomic E-state index is -4.65. The first-order chi connectivity index (χ1) is 10.6. The Balaban J connectivity index is 2.98. The Labute approximate surface area is 148 Å². The molecule has 0 unspecified atom stereocenters. The van der Waals surface area contributed by atoms with E-state index < -0.39 is 27.0 Å². The van der Waals surface area contributed by atoms with Crippen molar-refractivity contribution in [3.63, 3.8) is 0 Å². The summed E-state index contributed by atoms with van der Waals surface area (Å²) in [6, 6.07) is 7.67. The van der Waals surface area contributed by atoms with Crippen LogP contribution in [-0.4, -0.2) is 63.1 Å². The molecule has 0 aromatic heterocycles. The van der Waals surface area contributed by atoms with E-state index in [2.05, 4.69) is 0 Å². The van der Waals surface area contributed by atoms with E-state index in [1.807, 2.05) is 0 Å². The summed E-state index contributed by atoms with van der Waals surface area (Å²) in [5.74, 6) is -2.81. The Kier molecular flexibility index (Phi) is 4.92. The zero-order valence-electron chi connectivity index (χ0n) is 11.8. The first-order valence-electron chi connectivity index (χ1n) is 6.31. The van der Waals surface area contributed by atoms with Crippen LogP contribution < -0.4 is 2.81 Å². The van der Waals surface area contributed by atoms with Crippen LogP contribution in [0.25, 0.3) is 11.1 Å². The molecule has 0 saturated heterocycles. The second-order valence-corrected chi connectivity index (χ2v) is 7.36. The van der Waals surface area contributed by atoms with E-state index in [0.717, 1.165) is 0 Å². The number of benzene rings is 2. The quantitative estimate of drug-likeness (QED) is 0.552. The van der Waals surface area contributed by atoms with Crippen molar-refractivity contribution < 1.29 is 32.8 Å². The van der Waals surface area contributed by atoms with Crippen LogP contribution in [0.2, 0.25) is 0 Å². The van der Waals surface area contributed by atoms with Gasteiger partial charge in [0.1, 0.15) is 0 Å². The Morgan fingerprint density at radius 3 is 1.91 bits per heavy atom. The summed E-state index contributed by atoms with van der Waals surface area (Å²) < 4.78 is 33.3. The fraction of sp³-hybridized carbons (Fsp3) is 0. The molecule has 0 aliphatic heterocycles. The van der Waals surface area contributed by atoms with Crippen LogP contribution in [0.5, 0.6) is 0 Å². The Morgan fingerprint density at radius 1 is 0.957 bits per heavy atom. The number of hydrogen-bond acceptors (Lipinski definition) is 4. The molecule has 0 bridgehead atoms. The molecule has 0 fully saturated rings. The molecule has 0 heterocycles. The maximum absolute atomic E-state index is 11.6. The SMILES string of the molecule is O=C(O)c1cccc(C(=O)O)c1-c1cc[c]([Na])cc1S(=O)(=O)O. The van der Waals surface area contributed by atoms with Crippen molar-refractivity contribution in [3.8, 4) is 11.1 Å². The van der Waals surface area contributed by atoms with E-state index in [9.17, 15) is 32.8 Å². The topological polar surface area (TPSA) is 129 Å². The van der Waals surface area contributed by atoms with Gasteiger partial charge in [0, 0.05) is 0 Å². The number of carbonyl (C=O) groups is 2. The van der Waals surface area contributed by atoms with Gasteiger partial charge in [-0.15, -0.1) is 0 Å². The summed E-state index contributed by atoms with van der Waals surface area (Å²) in [7, 11) is -4.65. The van der Waals surface area contributed by atoms with E-state index >= 15 is 0 Å². The Bertz CT molecular complexity index is 886. The van der Waals surface area contributed by atoms with Crippen molar-refractivity contribution in [1.29, 1.82) is 0 Å². The molecule has 7 nitrogen and oxygen atoms in total. The summed E-state index contributed by atoms with van der Waals surface area (Å²) in [5, 5.41) is 18.6. The van der Waals surface area contributed by atoms with Crippen LogP contribution in [-0.2, 0) is 10.1 Å². The van der Waals surface area contributed by atoms with Gasteiger partial charge in [-0.1, -0.05) is 0 Å². The third kappa shape index (κ3) is 3.62. The van der Waals surface area contributed by atoms with Gasteiger partial charge in [0.15, 0.2) is 0 Å². The van der Waals surface area contributed by atoms with Crippen molar-refractivity contribution in [2.45, 2.75) is 4.90 Å². The fourth-order valence-corrected chi connectivity index (χ4v) is 3.70. The van der Waals surface area contributed by atoms with Crippen molar-refractivity contribution in [1.82, 2.24) is 0 Å². The number of rotatable bonds is 4. The average molecular weight is 344 g/mol. The van der Waals surface area contributed by atoms with Crippen LogP contribution >= 0.6 is 0 Å². The summed E-state index contributed by atoms with van der Waals surface area (Å²) in [4.78, 5) is 22.3. The fourth-order valence-electron chi connectivity index (χ4n) is 2.25. The molecule has 0 aliphatic rings. The van der Waals surface area contributed by atoms with Crippen LogP contribution in [0.3, 0.4) is 0 Å². The summed E-state index contributed by atoms with van der Waals surface area (Å²) in [5.41, 5.74) is -1.16. The Hall–Kier alpha value is -1.71. The van der Waals surface area contributed by atoms with E-state index in [-0.39, 0.29) is 22.3 Å². The van der Waals surface area contributed by atoms with E-state index in [1.54, 1.807) is 6.07 Å². The molecule has 0 spiro atoms. The number of hydrogen-bond donors (Lipinski definition) is 3. The molecule has 0 aliphatic carbocycles. The standard InChI is InChI=1S/C14H9O7S.Na/c15-13(16)9-5-3-6-10(14(17)18)12(9)8-4-1-2-7-11(8)22(19,20)21;/h1,3-7H,(H,15,16)(H,17,18)(H,19,20,21);. The molecule has 9 heteroatoms. The van der Waals surface area contributed by atoms with E-state index in [0.29, 0.717) is 30.7 Å². The van der Waals surface area contributed by atoms with E-state index in [1.165, 1.54) is 30.3 Å². The average Bonchev–Trinajstić information content (AvgIpc) is 2.45. The summed E-state index contributed by atoms with van der Waals surface area (Å²) in [6.45, 7) is 0. The normalized spacial score (nSPS) is 11.3. The van der Waals surface area contributed by atoms with Crippen molar-refractivity contribution in [2.75, 3.05) is 0 Å². The van der Waals surface area contributed by atoms with Crippen molar-refractivity contribution in [3.05, 3.63) is 47.5 Å². The van der Waals surface area contributed by atoms with Gasteiger partial charge in [0.2, 0.25) is 0 Å². The monoisotopic (exact) mass is 344 g/mol. The van der Waals surface area contributed by atoms with Gasteiger partial charge in [-0.25, -0.2) is 0 Å². The second-order valence-electron chi connectivity index (χ2n) is 4.81. The predicted octanol–water partition coefficient (Wildman–Crippen LogP) is 0.790. The third-order valence-corrected chi connectivity index (χ3v) is 4.73. The number of aromatic carboxylic acids is 2. The molecule has 23 heavy (non-hydrogen) atoms. The van der Waals surface area contributed by atoms with E-state index in [4.69, 9.17) is 0 Å². The van der Waals surface area contributed by atoms with Gasteiger partial charge in [0.05, 0.1) is 0 Å². The zero-order chi connectivity index (χ0) is 17.4. The van der Waals surface area contributed by atoms with Gasteiger partial charge in [-0.3, -0.25) is 0 Å². The Morgan fingerprint density at radius 2 is 1.48 bits per heavy atom. The molecule has 0 atom stereocenters. The first kappa shape index (κ1) is 17.6. The van der Waals surface area contributed by atoms with Crippen LogP contribution in [0.1, 0.15) is 20.7 Å². The van der Waals surface area contributed by atoms with Gasteiger partial charge >= 0.3 is 149 Å². The molecule has 0 radical (unpaired) electrons.